The number of hydrogen-bond acceptors (Lipinski definition) is 7. The Labute approximate surface area is 248 Å². The lowest BCUT2D eigenvalue weighted by molar-refractivity contribution is -0.129. The highest BCUT2D eigenvalue weighted by Gasteiger charge is 2.30. The van der Waals surface area contributed by atoms with Gasteiger partial charge >= 0.3 is 5.97 Å². The molecular formula is C33H30N6O4. The first-order valence-corrected chi connectivity index (χ1v) is 14.4. The highest BCUT2D eigenvalue weighted by molar-refractivity contribution is 5.97. The van der Waals surface area contributed by atoms with Gasteiger partial charge in [0, 0.05) is 86.0 Å². The van der Waals surface area contributed by atoms with E-state index in [2.05, 4.69) is 32.8 Å². The number of fused-ring (bicyclic) bond motifs is 2. The lowest BCUT2D eigenvalue weighted by Crippen LogP contribution is -2.35. The molecule has 1 fully saturated rings. The average molecular weight is 575 g/mol. The molecule has 0 spiro atoms. The molecule has 0 unspecified atom stereocenters. The van der Waals surface area contributed by atoms with Gasteiger partial charge in [0.1, 0.15) is 0 Å². The molecular weight excluding hydrogens is 544 g/mol. The summed E-state index contributed by atoms with van der Waals surface area (Å²) in [5.41, 5.74) is 7.29. The number of aromatic nitrogens is 5. The summed E-state index contributed by atoms with van der Waals surface area (Å²) in [4.78, 5) is 39.0. The quantitative estimate of drug-likeness (QED) is 0.305. The molecule has 43 heavy (non-hydrogen) atoms. The Hall–Kier alpha value is -4.96. The Kier molecular flexibility index (Phi) is 6.90. The zero-order valence-electron chi connectivity index (χ0n) is 23.7. The minimum atomic E-state index is -1.02. The van der Waals surface area contributed by atoms with Crippen molar-refractivity contribution in [3.05, 3.63) is 83.9 Å². The number of carboxylic acid groups (broad SMARTS) is 1. The molecule has 7 rings (SSSR count). The maximum absolute atomic E-state index is 12.3. The molecule has 0 bridgehead atoms. The topological polar surface area (TPSA) is 123 Å². The van der Waals surface area contributed by atoms with Crippen LogP contribution in [0.1, 0.15) is 47.4 Å². The highest BCUT2D eigenvalue weighted by atomic mass is 16.5. The molecule has 216 valence electrons. The zero-order valence-corrected chi connectivity index (χ0v) is 23.7. The third-order valence-electron chi connectivity index (χ3n) is 8.42. The van der Waals surface area contributed by atoms with Crippen molar-refractivity contribution in [2.45, 2.75) is 38.8 Å². The van der Waals surface area contributed by atoms with Gasteiger partial charge in [-0.3, -0.25) is 24.4 Å². The van der Waals surface area contributed by atoms with Crippen molar-refractivity contribution in [1.82, 2.24) is 29.6 Å². The summed E-state index contributed by atoms with van der Waals surface area (Å²) in [5, 5.41) is 16.4. The smallest absolute Gasteiger partial charge is 0.337 e. The molecule has 1 N–H and O–H groups in total. The number of rotatable bonds is 5. The van der Waals surface area contributed by atoms with E-state index < -0.39 is 5.97 Å². The summed E-state index contributed by atoms with van der Waals surface area (Å²) in [7, 11) is 0. The first-order chi connectivity index (χ1) is 21.0. The number of benzene rings is 1. The van der Waals surface area contributed by atoms with E-state index in [-0.39, 0.29) is 11.5 Å². The predicted molar refractivity (Wildman–Crippen MR) is 160 cm³/mol. The Bertz CT molecular complexity index is 1840. The molecule has 5 aromatic rings. The Morgan fingerprint density at radius 3 is 2.40 bits per heavy atom. The fourth-order valence-electron chi connectivity index (χ4n) is 6.07. The van der Waals surface area contributed by atoms with Gasteiger partial charge in [-0.15, -0.1) is 0 Å². The molecule has 10 nitrogen and oxygen atoms in total. The van der Waals surface area contributed by atoms with Crippen molar-refractivity contribution in [2.75, 3.05) is 19.8 Å². The van der Waals surface area contributed by atoms with Crippen LogP contribution in [-0.4, -0.2) is 66.4 Å². The van der Waals surface area contributed by atoms with Gasteiger partial charge in [-0.1, -0.05) is 18.2 Å². The number of pyridine rings is 3. The fourth-order valence-corrected chi connectivity index (χ4v) is 6.07. The molecule has 0 saturated carbocycles. The number of aromatic carboxylic acids is 1. The van der Waals surface area contributed by atoms with Crippen molar-refractivity contribution in [2.24, 2.45) is 0 Å². The minimum absolute atomic E-state index is 0.0762. The maximum Gasteiger partial charge on any atom is 0.337 e. The van der Waals surface area contributed by atoms with Crippen LogP contribution in [0.5, 0.6) is 0 Å². The van der Waals surface area contributed by atoms with Gasteiger partial charge in [-0.2, -0.15) is 5.10 Å². The van der Waals surface area contributed by atoms with Crippen LogP contribution in [0, 0.1) is 0 Å². The van der Waals surface area contributed by atoms with Gasteiger partial charge in [0.15, 0.2) is 0 Å². The van der Waals surface area contributed by atoms with Gasteiger partial charge < -0.3 is 14.7 Å². The Morgan fingerprint density at radius 1 is 0.930 bits per heavy atom. The lowest BCUT2D eigenvalue weighted by Gasteiger charge is -2.29. The molecule has 10 heteroatoms. The standard InChI is InChI=1S/C33H30N6O4/c1-20(40)38-12-9-31-27(19-38)32(37-39(31)24-10-13-43-14-11-24)25-4-2-3-21-15-30(36-18-26(21)25)22-5-7-28(34-16-22)29-8-6-23(17-35-29)33(41)42/h2-8,15-18,24H,9-14,19H2,1H3,(H,41,42). The van der Waals surface area contributed by atoms with Crippen LogP contribution >= 0.6 is 0 Å². The minimum Gasteiger partial charge on any atom is -0.478 e. The van der Waals surface area contributed by atoms with Crippen LogP contribution in [0.2, 0.25) is 0 Å². The van der Waals surface area contributed by atoms with E-state index >= 15 is 0 Å². The van der Waals surface area contributed by atoms with Crippen LogP contribution in [0.3, 0.4) is 0 Å². The van der Waals surface area contributed by atoms with Crippen LogP contribution in [0.4, 0.5) is 0 Å². The number of nitrogens with zero attached hydrogens (tertiary/aromatic N) is 6. The fraction of sp³-hybridized carbons (Fsp3) is 0.273. The van der Waals surface area contributed by atoms with Crippen LogP contribution in [0.25, 0.3) is 44.7 Å². The first-order valence-electron chi connectivity index (χ1n) is 14.4. The van der Waals surface area contributed by atoms with Gasteiger partial charge in [-0.05, 0) is 48.6 Å². The summed E-state index contributed by atoms with van der Waals surface area (Å²) in [6.07, 6.45) is 7.63. The SMILES string of the molecule is CC(=O)N1CCc2c(c(-c3cccc4cc(-c5ccc(-c6ccc(C(=O)O)cn6)nc5)ncc34)nn2C2CCOCC2)C1. The number of hydrogen-bond donors (Lipinski definition) is 1. The number of carbonyl (C=O) groups is 2. The normalized spacial score (nSPS) is 15.4. The average Bonchev–Trinajstić information content (AvgIpc) is 3.43. The van der Waals surface area contributed by atoms with E-state index in [0.717, 1.165) is 71.3 Å². The van der Waals surface area contributed by atoms with E-state index in [1.807, 2.05) is 29.3 Å². The number of carboxylic acids is 1. The van der Waals surface area contributed by atoms with Gasteiger partial charge in [0.05, 0.1) is 34.4 Å². The second-order valence-corrected chi connectivity index (χ2v) is 11.0. The van der Waals surface area contributed by atoms with E-state index in [0.29, 0.717) is 30.5 Å². The van der Waals surface area contributed by atoms with Crippen molar-refractivity contribution in [1.29, 1.82) is 0 Å². The molecule has 2 aliphatic rings. The molecule has 0 atom stereocenters. The van der Waals surface area contributed by atoms with Crippen LogP contribution in [0.15, 0.2) is 67.1 Å². The Morgan fingerprint density at radius 2 is 1.70 bits per heavy atom. The monoisotopic (exact) mass is 574 g/mol. The van der Waals surface area contributed by atoms with Crippen molar-refractivity contribution in [3.63, 3.8) is 0 Å². The van der Waals surface area contributed by atoms with Gasteiger partial charge in [0.2, 0.25) is 5.91 Å². The second-order valence-electron chi connectivity index (χ2n) is 11.0. The van der Waals surface area contributed by atoms with E-state index in [1.165, 1.54) is 18.0 Å². The molecule has 2 aliphatic heterocycles. The molecule has 6 heterocycles. The van der Waals surface area contributed by atoms with Crippen LogP contribution in [-0.2, 0) is 22.5 Å². The van der Waals surface area contributed by atoms with Crippen molar-refractivity contribution >= 4 is 22.6 Å². The second kappa shape index (κ2) is 11.0. The summed E-state index contributed by atoms with van der Waals surface area (Å²) < 4.78 is 7.83. The molecule has 1 amide bonds. The molecule has 4 aromatic heterocycles. The van der Waals surface area contributed by atoms with E-state index in [4.69, 9.17) is 19.9 Å². The first kappa shape index (κ1) is 26.9. The van der Waals surface area contributed by atoms with Gasteiger partial charge in [-0.25, -0.2) is 4.79 Å². The lowest BCUT2D eigenvalue weighted by atomic mass is 9.96. The zero-order chi connectivity index (χ0) is 29.5. The van der Waals surface area contributed by atoms with Crippen molar-refractivity contribution < 1.29 is 19.4 Å². The molecule has 1 saturated heterocycles. The molecule has 0 aliphatic carbocycles. The predicted octanol–water partition coefficient (Wildman–Crippen LogP) is 5.18. The molecule has 0 radical (unpaired) electrons. The summed E-state index contributed by atoms with van der Waals surface area (Å²) in [6, 6.07) is 15.5. The summed E-state index contributed by atoms with van der Waals surface area (Å²) >= 11 is 0. The number of carbonyl (C=O) groups excluding carboxylic acids is 1. The van der Waals surface area contributed by atoms with E-state index in [9.17, 15) is 9.59 Å². The summed E-state index contributed by atoms with van der Waals surface area (Å²) in [6.45, 7) is 4.35. The van der Waals surface area contributed by atoms with E-state index in [1.54, 1.807) is 19.2 Å². The van der Waals surface area contributed by atoms with Crippen molar-refractivity contribution in [3.8, 4) is 33.9 Å². The largest absolute Gasteiger partial charge is 0.478 e. The maximum atomic E-state index is 12.3. The third kappa shape index (κ3) is 5.03. The van der Waals surface area contributed by atoms with Gasteiger partial charge in [0.25, 0.3) is 0 Å². The number of amides is 1. The van der Waals surface area contributed by atoms with Crippen LogP contribution < -0.4 is 0 Å². The Balaban J connectivity index is 1.24. The highest BCUT2D eigenvalue weighted by Crippen LogP contribution is 2.37. The summed E-state index contributed by atoms with van der Waals surface area (Å²) in [5.74, 6) is -0.939. The molecule has 1 aromatic carbocycles. The third-order valence-corrected chi connectivity index (χ3v) is 8.42. The number of ether oxygens (including phenoxy) is 1.